The van der Waals surface area contributed by atoms with Crippen molar-refractivity contribution in [3.63, 3.8) is 0 Å². The van der Waals surface area contributed by atoms with Gasteiger partial charge in [0, 0.05) is 24.7 Å². The number of alkyl carbamates (subject to hydrolysis) is 1. The summed E-state index contributed by atoms with van der Waals surface area (Å²) >= 11 is 0. The summed E-state index contributed by atoms with van der Waals surface area (Å²) in [5.74, 6) is 2.12. The number of aromatic nitrogens is 4. The Hall–Kier alpha value is -6.18. The van der Waals surface area contributed by atoms with Crippen LogP contribution in [-0.2, 0) is 14.3 Å². The average Bonchev–Trinajstić information content (AvgIpc) is 3.83. The predicted octanol–water partition coefficient (Wildman–Crippen LogP) is 7.13. The molecule has 2 aliphatic heterocycles. The molecule has 0 unspecified atom stereocenters. The van der Waals surface area contributed by atoms with E-state index in [-0.39, 0.29) is 36.0 Å². The summed E-state index contributed by atoms with van der Waals surface area (Å²) in [6.45, 7) is 3.72. The second-order valence-corrected chi connectivity index (χ2v) is 16.3. The van der Waals surface area contributed by atoms with Gasteiger partial charge in [-0.15, -0.1) is 0 Å². The van der Waals surface area contributed by atoms with Gasteiger partial charge in [0.25, 0.3) is 0 Å². The van der Waals surface area contributed by atoms with Crippen molar-refractivity contribution in [3.05, 3.63) is 84.7 Å². The lowest BCUT2D eigenvalue weighted by Crippen LogP contribution is -2.49. The van der Waals surface area contributed by atoms with Crippen molar-refractivity contribution < 1.29 is 29.0 Å². The fourth-order valence-electron chi connectivity index (χ4n) is 9.41. The molecule has 4 fully saturated rings. The topological polar surface area (TPSA) is 177 Å². The smallest absolute Gasteiger partial charge is 0.407 e. The van der Waals surface area contributed by atoms with Crippen LogP contribution >= 0.6 is 0 Å². The van der Waals surface area contributed by atoms with E-state index in [9.17, 15) is 24.3 Å². The van der Waals surface area contributed by atoms with Crippen LogP contribution in [-0.4, -0.2) is 102 Å². The second kappa shape index (κ2) is 14.6. The number of nitrogens with one attached hydrogen (secondary N) is 3. The Bertz CT molecular complexity index is 2410. The molecule has 5 aromatic rings. The number of aromatic amines is 2. The molecule has 9 rings (SSSR count). The van der Waals surface area contributed by atoms with Crippen LogP contribution in [0.25, 0.3) is 44.4 Å². The van der Waals surface area contributed by atoms with Gasteiger partial charge in [-0.2, -0.15) is 0 Å². The quantitative estimate of drug-likeness (QED) is 0.109. The van der Waals surface area contributed by atoms with Gasteiger partial charge in [0.15, 0.2) is 0 Å². The van der Waals surface area contributed by atoms with Crippen LogP contribution in [0.2, 0.25) is 0 Å². The number of carbonyl (C=O) groups is 4. The maximum absolute atomic E-state index is 13.6. The molecule has 2 aliphatic carbocycles. The van der Waals surface area contributed by atoms with Gasteiger partial charge in [-0.1, -0.05) is 62.4 Å². The molecule has 300 valence electrons. The highest BCUT2D eigenvalue weighted by Crippen LogP contribution is 2.54. The molecule has 58 heavy (non-hydrogen) atoms. The summed E-state index contributed by atoms with van der Waals surface area (Å²) < 4.78 is 4.75. The number of piperidine rings is 2. The molecule has 4 N–H and O–H groups in total. The Morgan fingerprint density at radius 3 is 1.83 bits per heavy atom. The Morgan fingerprint density at radius 2 is 1.28 bits per heavy atom. The zero-order valence-electron chi connectivity index (χ0n) is 33.0. The fraction of sp³-hybridized carbons (Fsp3) is 0.409. The molecule has 2 saturated carbocycles. The number of carbonyl (C=O) groups excluding carboxylic acids is 3. The maximum Gasteiger partial charge on any atom is 0.407 e. The van der Waals surface area contributed by atoms with Gasteiger partial charge in [-0.25, -0.2) is 19.6 Å². The van der Waals surface area contributed by atoms with Crippen LogP contribution in [0.3, 0.4) is 0 Å². The SMILES string of the molecule is CC[C@H](NC(=O)OC)C(=O)N1[C@@H]2C[C@@H]2C[C@H]1c1ncc(-c2ccc3cc(-c4ccc(-c5cnc([C@@H]6C[C@H]7C[C@H]7N6C(=O)[C@H](CC)N(C)C(=O)O)[nH]5)cc4)ccc3c2)[nH]1. The Kier molecular flexibility index (Phi) is 9.44. The number of likely N-dealkylation sites (tertiary alicyclic amines) is 2. The lowest BCUT2D eigenvalue weighted by atomic mass is 9.98. The number of fused-ring (bicyclic) bond motifs is 3. The lowest BCUT2D eigenvalue weighted by molar-refractivity contribution is -0.138. The van der Waals surface area contributed by atoms with Gasteiger partial charge in [0.1, 0.15) is 23.7 Å². The highest BCUT2D eigenvalue weighted by Gasteiger charge is 2.57. The van der Waals surface area contributed by atoms with Crippen molar-refractivity contribution in [2.24, 2.45) is 11.8 Å². The molecule has 2 saturated heterocycles. The van der Waals surface area contributed by atoms with E-state index in [0.29, 0.717) is 24.7 Å². The molecular weight excluding hydrogens is 737 g/mol. The number of H-pyrrole nitrogens is 2. The second-order valence-electron chi connectivity index (χ2n) is 16.3. The number of nitrogens with zero attached hydrogens (tertiary/aromatic N) is 5. The van der Waals surface area contributed by atoms with Crippen LogP contribution in [0.4, 0.5) is 9.59 Å². The van der Waals surface area contributed by atoms with Gasteiger partial charge in [-0.05, 0) is 90.0 Å². The summed E-state index contributed by atoms with van der Waals surface area (Å²) in [5.41, 5.74) is 5.90. The minimum Gasteiger partial charge on any atom is -0.465 e. The molecule has 0 radical (unpaired) electrons. The van der Waals surface area contributed by atoms with Gasteiger partial charge >= 0.3 is 12.2 Å². The number of likely N-dealkylation sites (N-methyl/N-ethyl adjacent to an activating group) is 1. The molecule has 14 nitrogen and oxygen atoms in total. The minimum absolute atomic E-state index is 0.0977. The number of benzene rings is 3. The summed E-state index contributed by atoms with van der Waals surface area (Å²) in [5, 5.41) is 14.4. The summed E-state index contributed by atoms with van der Waals surface area (Å²) in [6, 6.07) is 19.7. The van der Waals surface area contributed by atoms with Crippen LogP contribution in [0.5, 0.6) is 0 Å². The molecule has 4 aliphatic rings. The Morgan fingerprint density at radius 1 is 0.759 bits per heavy atom. The van der Waals surface area contributed by atoms with Gasteiger partial charge in [-0.3, -0.25) is 14.5 Å². The fourth-order valence-corrected chi connectivity index (χ4v) is 9.41. The number of carboxylic acid groups (broad SMARTS) is 1. The normalized spacial score (nSPS) is 23.9. The first-order valence-electron chi connectivity index (χ1n) is 20.3. The van der Waals surface area contributed by atoms with Crippen LogP contribution in [0.15, 0.2) is 73.1 Å². The van der Waals surface area contributed by atoms with E-state index < -0.39 is 24.3 Å². The van der Waals surface area contributed by atoms with E-state index in [1.807, 2.05) is 36.0 Å². The standard InChI is InChI=1S/C44H48N8O6/c1-5-31(49-43(55)58-4)41(53)51-35-17-29(35)19-37(51)39-46-22-33(48-39)28-14-13-26-15-25(11-12-27(26)16-28)23-7-9-24(10-8-23)32-21-45-40(47-32)38-20-30-18-36(30)52(38)42(54)34(6-2)50(3)44(56)57/h7-16,21-22,29-31,34-38H,5-6,17-20H2,1-4H3,(H,45,47)(H,46,48)(H,49,55)(H,56,57)/t29-,30-,31+,34+,35-,36-,37+,38+/m1/s1. The number of amides is 4. The first-order chi connectivity index (χ1) is 28.1. The van der Waals surface area contributed by atoms with Gasteiger partial charge in [0.2, 0.25) is 11.8 Å². The predicted molar refractivity (Wildman–Crippen MR) is 216 cm³/mol. The molecule has 8 atom stereocenters. The van der Waals surface area contributed by atoms with Crippen molar-refractivity contribution in [1.29, 1.82) is 0 Å². The van der Waals surface area contributed by atoms with Crippen LogP contribution in [0, 0.1) is 11.8 Å². The van der Waals surface area contributed by atoms with Crippen molar-refractivity contribution in [3.8, 4) is 33.6 Å². The van der Waals surface area contributed by atoms with E-state index in [1.165, 1.54) is 14.2 Å². The van der Waals surface area contributed by atoms with Crippen molar-refractivity contribution in [2.75, 3.05) is 14.2 Å². The number of hydrogen-bond donors (Lipinski definition) is 4. The van der Waals surface area contributed by atoms with E-state index in [4.69, 9.17) is 14.7 Å². The summed E-state index contributed by atoms with van der Waals surface area (Å²) in [4.78, 5) is 72.2. The van der Waals surface area contributed by atoms with Gasteiger partial charge in [0.05, 0.1) is 43.0 Å². The number of methoxy groups -OCH3 is 1. The zero-order valence-corrected chi connectivity index (χ0v) is 33.0. The summed E-state index contributed by atoms with van der Waals surface area (Å²) in [6.07, 6.45) is 6.41. The van der Waals surface area contributed by atoms with E-state index >= 15 is 0 Å². The molecule has 3 aromatic carbocycles. The highest BCUT2D eigenvalue weighted by atomic mass is 16.5. The van der Waals surface area contributed by atoms with Crippen molar-refractivity contribution in [1.82, 2.24) is 40.0 Å². The van der Waals surface area contributed by atoms with E-state index in [1.54, 1.807) is 0 Å². The zero-order chi connectivity index (χ0) is 40.4. The molecule has 0 spiro atoms. The van der Waals surface area contributed by atoms with Crippen molar-refractivity contribution >= 4 is 34.8 Å². The maximum atomic E-state index is 13.6. The molecule has 4 heterocycles. The first-order valence-corrected chi connectivity index (χ1v) is 20.3. The molecular formula is C44H48N8O6. The molecule has 2 aromatic heterocycles. The van der Waals surface area contributed by atoms with Crippen LogP contribution < -0.4 is 5.32 Å². The molecule has 0 bridgehead atoms. The van der Waals surface area contributed by atoms with E-state index in [2.05, 4.69) is 75.9 Å². The van der Waals surface area contributed by atoms with Crippen molar-refractivity contribution in [2.45, 2.75) is 88.6 Å². The monoisotopic (exact) mass is 784 g/mol. The highest BCUT2D eigenvalue weighted by molar-refractivity contribution is 5.91. The van der Waals surface area contributed by atoms with Crippen LogP contribution in [0.1, 0.15) is 76.1 Å². The number of rotatable bonds is 11. The molecule has 14 heteroatoms. The first kappa shape index (κ1) is 37.4. The average molecular weight is 785 g/mol. The number of hydrogen-bond acceptors (Lipinski definition) is 7. The molecule has 4 amide bonds. The van der Waals surface area contributed by atoms with Gasteiger partial charge < -0.3 is 34.9 Å². The Labute approximate surface area is 336 Å². The van der Waals surface area contributed by atoms with E-state index in [0.717, 1.165) is 86.6 Å². The number of ether oxygens (including phenoxy) is 1. The Balaban J connectivity index is 0.881. The lowest BCUT2D eigenvalue weighted by Gasteiger charge is -2.32. The minimum atomic E-state index is -1.11. The third-order valence-electron chi connectivity index (χ3n) is 12.8. The number of imidazole rings is 2. The third kappa shape index (κ3) is 6.63. The summed E-state index contributed by atoms with van der Waals surface area (Å²) in [7, 11) is 2.76. The third-order valence-corrected chi connectivity index (χ3v) is 12.8. The largest absolute Gasteiger partial charge is 0.465 e.